The SMILES string of the molecule is CCNC(=NCC1(c2ccccc2)CCCC1)NCCc1ccc(S(C)(=O)=O)cc1.I. The fourth-order valence-electron chi connectivity index (χ4n) is 4.18. The van der Waals surface area contributed by atoms with Crippen LogP contribution in [0.3, 0.4) is 0 Å². The maximum absolute atomic E-state index is 11.6. The number of nitrogens with zero attached hydrogens (tertiary/aromatic N) is 1. The normalized spacial score (nSPS) is 15.9. The third-order valence-electron chi connectivity index (χ3n) is 5.89. The van der Waals surface area contributed by atoms with Crippen LogP contribution in [0.25, 0.3) is 0 Å². The molecule has 2 N–H and O–H groups in total. The summed E-state index contributed by atoms with van der Waals surface area (Å²) in [5.41, 5.74) is 2.64. The number of aliphatic imine (C=N–C) groups is 1. The quantitative estimate of drug-likeness (QED) is 0.289. The Labute approximate surface area is 204 Å². The molecule has 0 heterocycles. The summed E-state index contributed by atoms with van der Waals surface area (Å²) in [5, 5.41) is 6.78. The molecule has 3 rings (SSSR count). The molecule has 2 aromatic carbocycles. The molecular formula is C24H34IN3O2S. The largest absolute Gasteiger partial charge is 0.357 e. The fourth-order valence-corrected chi connectivity index (χ4v) is 4.81. The highest BCUT2D eigenvalue weighted by molar-refractivity contribution is 14.0. The Balaban J connectivity index is 0.00000341. The lowest BCUT2D eigenvalue weighted by atomic mass is 9.79. The van der Waals surface area contributed by atoms with Crippen molar-refractivity contribution in [1.82, 2.24) is 10.6 Å². The number of nitrogens with one attached hydrogen (secondary N) is 2. The number of sulfone groups is 1. The van der Waals surface area contributed by atoms with Crippen molar-refractivity contribution in [3.63, 3.8) is 0 Å². The predicted octanol–water partition coefficient (Wildman–Crippen LogP) is 4.32. The second-order valence-corrected chi connectivity index (χ2v) is 10.2. The lowest BCUT2D eigenvalue weighted by Crippen LogP contribution is -2.39. The van der Waals surface area contributed by atoms with Crippen LogP contribution in [0, 0.1) is 0 Å². The number of rotatable bonds is 8. The molecule has 0 spiro atoms. The minimum absolute atomic E-state index is 0. The van der Waals surface area contributed by atoms with Gasteiger partial charge in [-0.25, -0.2) is 8.42 Å². The molecule has 2 aromatic rings. The average Bonchev–Trinajstić information content (AvgIpc) is 3.23. The summed E-state index contributed by atoms with van der Waals surface area (Å²) in [4.78, 5) is 5.29. The van der Waals surface area contributed by atoms with Gasteiger partial charge in [0.2, 0.25) is 0 Å². The molecule has 0 radical (unpaired) electrons. The first-order chi connectivity index (χ1) is 14.4. The van der Waals surface area contributed by atoms with Gasteiger partial charge in [0, 0.05) is 24.8 Å². The van der Waals surface area contributed by atoms with Crippen LogP contribution < -0.4 is 10.6 Å². The standard InChI is InChI=1S/C24H33N3O2S.HI/c1-3-25-23(26-18-15-20-11-13-22(14-12-20)30(2,28)29)27-19-24(16-7-8-17-24)21-9-5-4-6-10-21;/h4-6,9-14H,3,7-8,15-19H2,1-2H3,(H2,25,26,27);1H. The van der Waals surface area contributed by atoms with Crippen LogP contribution in [0.15, 0.2) is 64.5 Å². The van der Waals surface area contributed by atoms with Crippen molar-refractivity contribution in [2.45, 2.75) is 49.3 Å². The lowest BCUT2D eigenvalue weighted by Gasteiger charge is -2.28. The molecule has 0 aromatic heterocycles. The Kier molecular flexibility index (Phi) is 9.81. The lowest BCUT2D eigenvalue weighted by molar-refractivity contribution is 0.452. The summed E-state index contributed by atoms with van der Waals surface area (Å²) in [7, 11) is -3.15. The molecule has 0 aliphatic heterocycles. The van der Waals surface area contributed by atoms with E-state index in [0.29, 0.717) is 4.90 Å². The average molecular weight is 556 g/mol. The van der Waals surface area contributed by atoms with Crippen molar-refractivity contribution in [2.24, 2.45) is 4.99 Å². The van der Waals surface area contributed by atoms with Gasteiger partial charge in [-0.1, -0.05) is 55.3 Å². The van der Waals surface area contributed by atoms with Crippen molar-refractivity contribution in [3.05, 3.63) is 65.7 Å². The van der Waals surface area contributed by atoms with E-state index in [1.807, 2.05) is 12.1 Å². The Morgan fingerprint density at radius 3 is 2.23 bits per heavy atom. The molecule has 0 bridgehead atoms. The summed E-state index contributed by atoms with van der Waals surface area (Å²) in [5.74, 6) is 0.840. The summed E-state index contributed by atoms with van der Waals surface area (Å²) in [6.45, 7) is 4.41. The highest BCUT2D eigenvalue weighted by Gasteiger charge is 2.35. The van der Waals surface area contributed by atoms with E-state index < -0.39 is 9.84 Å². The van der Waals surface area contributed by atoms with Crippen LogP contribution in [-0.4, -0.2) is 40.3 Å². The van der Waals surface area contributed by atoms with Gasteiger partial charge >= 0.3 is 0 Å². The zero-order chi connectivity index (χ0) is 21.5. The fraction of sp³-hybridized carbons (Fsp3) is 0.458. The molecule has 0 unspecified atom stereocenters. The van der Waals surface area contributed by atoms with E-state index in [1.165, 1.54) is 37.5 Å². The first kappa shape index (κ1) is 25.6. The van der Waals surface area contributed by atoms with Crippen LogP contribution in [0.1, 0.15) is 43.7 Å². The summed E-state index contributed by atoms with van der Waals surface area (Å²) in [6, 6.07) is 17.9. The number of benzene rings is 2. The third kappa shape index (κ3) is 7.20. The van der Waals surface area contributed by atoms with Crippen LogP contribution in [0.5, 0.6) is 0 Å². The molecule has 5 nitrogen and oxygen atoms in total. The Morgan fingerprint density at radius 2 is 1.65 bits per heavy atom. The van der Waals surface area contributed by atoms with Crippen molar-refractivity contribution in [3.8, 4) is 0 Å². The summed E-state index contributed by atoms with van der Waals surface area (Å²) >= 11 is 0. The first-order valence-electron chi connectivity index (χ1n) is 10.8. The Hall–Kier alpha value is -1.61. The molecule has 1 aliphatic carbocycles. The molecular weight excluding hydrogens is 521 g/mol. The second-order valence-electron chi connectivity index (χ2n) is 8.14. The van der Waals surface area contributed by atoms with E-state index in [-0.39, 0.29) is 29.4 Å². The van der Waals surface area contributed by atoms with E-state index in [4.69, 9.17) is 4.99 Å². The maximum Gasteiger partial charge on any atom is 0.191 e. The van der Waals surface area contributed by atoms with Crippen molar-refractivity contribution in [2.75, 3.05) is 25.9 Å². The number of halogens is 1. The number of hydrogen-bond acceptors (Lipinski definition) is 3. The van der Waals surface area contributed by atoms with E-state index in [0.717, 1.165) is 37.6 Å². The van der Waals surface area contributed by atoms with Gasteiger partial charge in [-0.05, 0) is 49.4 Å². The monoisotopic (exact) mass is 555 g/mol. The highest BCUT2D eigenvalue weighted by Crippen LogP contribution is 2.41. The number of hydrogen-bond donors (Lipinski definition) is 2. The Bertz CT molecular complexity index is 939. The molecule has 0 saturated heterocycles. The van der Waals surface area contributed by atoms with Gasteiger partial charge in [0.15, 0.2) is 15.8 Å². The minimum atomic E-state index is -3.15. The Morgan fingerprint density at radius 1 is 1.00 bits per heavy atom. The van der Waals surface area contributed by atoms with Gasteiger partial charge in [-0.3, -0.25) is 4.99 Å². The second kappa shape index (κ2) is 11.9. The molecule has 0 amide bonds. The number of guanidine groups is 1. The van der Waals surface area contributed by atoms with E-state index in [2.05, 4.69) is 47.9 Å². The van der Waals surface area contributed by atoms with Gasteiger partial charge in [-0.15, -0.1) is 24.0 Å². The third-order valence-corrected chi connectivity index (χ3v) is 7.02. The summed E-state index contributed by atoms with van der Waals surface area (Å²) in [6.07, 6.45) is 6.93. The topological polar surface area (TPSA) is 70.6 Å². The van der Waals surface area contributed by atoms with E-state index >= 15 is 0 Å². The van der Waals surface area contributed by atoms with Crippen molar-refractivity contribution in [1.29, 1.82) is 0 Å². The van der Waals surface area contributed by atoms with Gasteiger partial charge in [0.1, 0.15) is 0 Å². The zero-order valence-electron chi connectivity index (χ0n) is 18.4. The van der Waals surface area contributed by atoms with Crippen molar-refractivity contribution >= 4 is 39.8 Å². The summed E-state index contributed by atoms with van der Waals surface area (Å²) < 4.78 is 23.2. The first-order valence-corrected chi connectivity index (χ1v) is 12.7. The molecule has 1 aliphatic rings. The van der Waals surface area contributed by atoms with Crippen LogP contribution >= 0.6 is 24.0 Å². The van der Waals surface area contributed by atoms with Crippen LogP contribution in [-0.2, 0) is 21.7 Å². The smallest absolute Gasteiger partial charge is 0.191 e. The zero-order valence-corrected chi connectivity index (χ0v) is 21.6. The molecule has 1 fully saturated rings. The molecule has 1 saturated carbocycles. The maximum atomic E-state index is 11.6. The predicted molar refractivity (Wildman–Crippen MR) is 139 cm³/mol. The van der Waals surface area contributed by atoms with Gasteiger partial charge in [0.05, 0.1) is 11.4 Å². The molecule has 7 heteroatoms. The highest BCUT2D eigenvalue weighted by atomic mass is 127. The molecule has 31 heavy (non-hydrogen) atoms. The molecule has 0 atom stereocenters. The van der Waals surface area contributed by atoms with E-state index in [9.17, 15) is 8.42 Å². The van der Waals surface area contributed by atoms with Crippen LogP contribution in [0.4, 0.5) is 0 Å². The molecule has 170 valence electrons. The van der Waals surface area contributed by atoms with Crippen molar-refractivity contribution < 1.29 is 8.42 Å². The van der Waals surface area contributed by atoms with E-state index in [1.54, 1.807) is 12.1 Å². The minimum Gasteiger partial charge on any atom is -0.357 e. The van der Waals surface area contributed by atoms with Crippen LogP contribution in [0.2, 0.25) is 0 Å². The van der Waals surface area contributed by atoms with Gasteiger partial charge in [0.25, 0.3) is 0 Å². The van der Waals surface area contributed by atoms with Gasteiger partial charge < -0.3 is 10.6 Å². The van der Waals surface area contributed by atoms with Gasteiger partial charge in [-0.2, -0.15) is 0 Å².